The number of carboxylic acid groups (broad SMARTS) is 1. The Hall–Kier alpha value is -3.53. The quantitative estimate of drug-likeness (QED) is 0.466. The number of rotatable bonds is 5. The first-order chi connectivity index (χ1) is 18.0. The van der Waals surface area contributed by atoms with Crippen LogP contribution >= 0.6 is 0 Å². The van der Waals surface area contributed by atoms with E-state index in [0.717, 1.165) is 24.8 Å². The molecule has 38 heavy (non-hydrogen) atoms. The summed E-state index contributed by atoms with van der Waals surface area (Å²) in [6, 6.07) is 3.95. The number of aliphatic carboxylic acids is 1. The van der Waals surface area contributed by atoms with Crippen LogP contribution in [-0.4, -0.2) is 59.4 Å². The van der Waals surface area contributed by atoms with Gasteiger partial charge in [0.1, 0.15) is 23.0 Å². The van der Waals surface area contributed by atoms with Crippen LogP contribution in [0.2, 0.25) is 0 Å². The SMILES string of the molecule is Cc1c(N2CCC[C@]2(C(=O)O)C(C)(C)C)nc2cc(F)cc(F)c2c1Nc1cncc(N2CCOCC2)c1. The highest BCUT2D eigenvalue weighted by atomic mass is 19.1. The monoisotopic (exact) mass is 525 g/mol. The Kier molecular flexibility index (Phi) is 6.63. The van der Waals surface area contributed by atoms with Crippen LogP contribution in [0.3, 0.4) is 0 Å². The second kappa shape index (κ2) is 9.65. The fourth-order valence-electron chi connectivity index (χ4n) is 5.88. The van der Waals surface area contributed by atoms with Gasteiger partial charge in [0, 0.05) is 37.3 Å². The summed E-state index contributed by atoms with van der Waals surface area (Å²) in [6.45, 7) is 10.7. The zero-order valence-electron chi connectivity index (χ0n) is 22.1. The minimum absolute atomic E-state index is 0.114. The van der Waals surface area contributed by atoms with Crippen LogP contribution in [-0.2, 0) is 9.53 Å². The van der Waals surface area contributed by atoms with Crippen molar-refractivity contribution in [2.75, 3.05) is 48.0 Å². The number of hydrogen-bond acceptors (Lipinski definition) is 7. The molecule has 3 aromatic rings. The van der Waals surface area contributed by atoms with Gasteiger partial charge in [-0.25, -0.2) is 18.6 Å². The number of anilines is 4. The minimum atomic E-state index is -1.22. The molecule has 4 heterocycles. The molecule has 0 saturated carbocycles. The fourth-order valence-corrected chi connectivity index (χ4v) is 5.88. The topological polar surface area (TPSA) is 90.8 Å². The number of halogens is 2. The number of ether oxygens (including phenoxy) is 1. The van der Waals surface area contributed by atoms with Crippen LogP contribution in [0.5, 0.6) is 0 Å². The van der Waals surface area contributed by atoms with Crippen molar-refractivity contribution in [1.29, 1.82) is 0 Å². The number of nitrogens with one attached hydrogen (secondary N) is 1. The molecule has 2 aliphatic heterocycles. The highest BCUT2D eigenvalue weighted by Crippen LogP contribution is 2.48. The molecule has 1 aromatic carbocycles. The number of morpholine rings is 1. The third-order valence-corrected chi connectivity index (χ3v) is 7.82. The van der Waals surface area contributed by atoms with E-state index in [-0.39, 0.29) is 10.9 Å². The van der Waals surface area contributed by atoms with E-state index in [1.54, 1.807) is 24.2 Å². The molecule has 2 aromatic heterocycles. The van der Waals surface area contributed by atoms with E-state index in [0.29, 0.717) is 55.4 Å². The summed E-state index contributed by atoms with van der Waals surface area (Å²) in [4.78, 5) is 25.8. The van der Waals surface area contributed by atoms with Gasteiger partial charge >= 0.3 is 5.97 Å². The van der Waals surface area contributed by atoms with Crippen LogP contribution in [0.15, 0.2) is 30.6 Å². The van der Waals surface area contributed by atoms with E-state index in [4.69, 9.17) is 4.74 Å². The maximum absolute atomic E-state index is 15.3. The standard InChI is InChI=1S/C28H33F2N5O3/c1-17-24(32-19-14-20(16-31-15-19)34-8-10-38-11-9-34)23-21(30)12-18(29)13-22(23)33-25(17)35-7-5-6-28(35,26(36)37)27(2,3)4/h12-16H,5-11H2,1-4H3,(H,32,33)(H,36,37)/t28-/m0/s1. The lowest BCUT2D eigenvalue weighted by molar-refractivity contribution is -0.147. The third kappa shape index (κ3) is 4.30. The molecule has 0 bridgehead atoms. The van der Waals surface area contributed by atoms with E-state index in [1.165, 1.54) is 6.07 Å². The molecule has 0 unspecified atom stereocenters. The largest absolute Gasteiger partial charge is 0.479 e. The van der Waals surface area contributed by atoms with Crippen molar-refractivity contribution in [3.8, 4) is 0 Å². The first kappa shape index (κ1) is 26.1. The Morgan fingerprint density at radius 1 is 1.13 bits per heavy atom. The van der Waals surface area contributed by atoms with Crippen molar-refractivity contribution in [1.82, 2.24) is 9.97 Å². The van der Waals surface area contributed by atoms with Gasteiger partial charge in [0.25, 0.3) is 0 Å². The van der Waals surface area contributed by atoms with Gasteiger partial charge < -0.3 is 25.0 Å². The number of carbonyl (C=O) groups is 1. The van der Waals surface area contributed by atoms with Gasteiger partial charge in [-0.3, -0.25) is 4.98 Å². The van der Waals surface area contributed by atoms with Crippen molar-refractivity contribution in [3.63, 3.8) is 0 Å². The summed E-state index contributed by atoms with van der Waals surface area (Å²) in [5, 5.41) is 13.9. The van der Waals surface area contributed by atoms with Crippen molar-refractivity contribution < 1.29 is 23.4 Å². The lowest BCUT2D eigenvalue weighted by Gasteiger charge is -2.45. The maximum Gasteiger partial charge on any atom is 0.330 e. The molecule has 8 nitrogen and oxygen atoms in total. The predicted molar refractivity (Wildman–Crippen MR) is 143 cm³/mol. The number of carboxylic acids is 1. The molecule has 0 spiro atoms. The molecule has 0 radical (unpaired) electrons. The number of hydrogen-bond donors (Lipinski definition) is 2. The van der Waals surface area contributed by atoms with E-state index < -0.39 is 28.6 Å². The van der Waals surface area contributed by atoms with Gasteiger partial charge in [0.05, 0.1) is 53.6 Å². The van der Waals surface area contributed by atoms with Crippen LogP contribution < -0.4 is 15.1 Å². The van der Waals surface area contributed by atoms with Crippen molar-refractivity contribution in [2.24, 2.45) is 5.41 Å². The first-order valence-corrected chi connectivity index (χ1v) is 12.9. The van der Waals surface area contributed by atoms with Crippen molar-refractivity contribution in [2.45, 2.75) is 46.1 Å². The molecule has 1 atom stereocenters. The highest BCUT2D eigenvalue weighted by molar-refractivity contribution is 5.98. The number of aromatic nitrogens is 2. The van der Waals surface area contributed by atoms with Crippen LogP contribution in [0, 0.1) is 24.0 Å². The van der Waals surface area contributed by atoms with Crippen LogP contribution in [0.25, 0.3) is 10.9 Å². The highest BCUT2D eigenvalue weighted by Gasteiger charge is 2.56. The Morgan fingerprint density at radius 2 is 1.87 bits per heavy atom. The van der Waals surface area contributed by atoms with Gasteiger partial charge in [-0.1, -0.05) is 20.8 Å². The van der Waals surface area contributed by atoms with Gasteiger partial charge in [-0.05, 0) is 31.2 Å². The van der Waals surface area contributed by atoms with Gasteiger partial charge in [-0.15, -0.1) is 0 Å². The maximum atomic E-state index is 15.3. The van der Waals surface area contributed by atoms with E-state index in [1.807, 2.05) is 26.8 Å². The molecular weight excluding hydrogens is 492 g/mol. The predicted octanol–water partition coefficient (Wildman–Crippen LogP) is 5.27. The average molecular weight is 526 g/mol. The van der Waals surface area contributed by atoms with Crippen molar-refractivity contribution in [3.05, 3.63) is 47.8 Å². The minimum Gasteiger partial charge on any atom is -0.479 e. The van der Waals surface area contributed by atoms with Crippen molar-refractivity contribution >= 4 is 39.8 Å². The molecule has 5 rings (SSSR count). The second-order valence-corrected chi connectivity index (χ2v) is 11.0. The van der Waals surface area contributed by atoms with E-state index >= 15 is 4.39 Å². The molecule has 0 amide bonds. The molecule has 2 aliphatic rings. The summed E-state index contributed by atoms with van der Waals surface area (Å²) in [7, 11) is 0. The zero-order chi connectivity index (χ0) is 27.2. The van der Waals surface area contributed by atoms with Gasteiger partial charge in [0.2, 0.25) is 0 Å². The summed E-state index contributed by atoms with van der Waals surface area (Å²) in [5.41, 5.74) is 0.775. The zero-order valence-corrected chi connectivity index (χ0v) is 22.1. The lowest BCUT2D eigenvalue weighted by Crippen LogP contribution is -2.59. The Balaban J connectivity index is 1.67. The second-order valence-electron chi connectivity index (χ2n) is 11.0. The Labute approximate surface area is 220 Å². The summed E-state index contributed by atoms with van der Waals surface area (Å²) >= 11 is 0. The molecule has 10 heteroatoms. The molecule has 2 fully saturated rings. The van der Waals surface area contributed by atoms with Crippen LogP contribution in [0.4, 0.5) is 31.7 Å². The molecular formula is C28H33F2N5O3. The summed E-state index contributed by atoms with van der Waals surface area (Å²) in [5.74, 6) is -2.03. The average Bonchev–Trinajstić information content (AvgIpc) is 3.33. The Morgan fingerprint density at radius 3 is 2.55 bits per heavy atom. The van der Waals surface area contributed by atoms with Gasteiger partial charge in [0.15, 0.2) is 0 Å². The summed E-state index contributed by atoms with van der Waals surface area (Å²) < 4.78 is 35.1. The number of fused-ring (bicyclic) bond motifs is 1. The first-order valence-electron chi connectivity index (χ1n) is 12.9. The number of nitrogens with zero attached hydrogens (tertiary/aromatic N) is 4. The van der Waals surface area contributed by atoms with E-state index in [2.05, 4.69) is 20.2 Å². The molecule has 2 N–H and O–H groups in total. The summed E-state index contributed by atoms with van der Waals surface area (Å²) in [6.07, 6.45) is 4.51. The Bertz CT molecular complexity index is 1390. The fraction of sp³-hybridized carbons (Fsp3) is 0.464. The smallest absolute Gasteiger partial charge is 0.330 e. The normalized spacial score (nSPS) is 20.3. The van der Waals surface area contributed by atoms with Crippen LogP contribution in [0.1, 0.15) is 39.2 Å². The van der Waals surface area contributed by atoms with Gasteiger partial charge in [-0.2, -0.15) is 0 Å². The third-order valence-electron chi connectivity index (χ3n) is 7.82. The molecule has 0 aliphatic carbocycles. The molecule has 2 saturated heterocycles. The number of pyridine rings is 2. The van der Waals surface area contributed by atoms with E-state index in [9.17, 15) is 14.3 Å². The number of benzene rings is 1. The lowest BCUT2D eigenvalue weighted by atomic mass is 9.71. The molecule has 202 valence electrons.